The number of hydrogen-bond acceptors (Lipinski definition) is 14. The molecule has 0 spiro atoms. The highest BCUT2D eigenvalue weighted by molar-refractivity contribution is 5.89. The van der Waals surface area contributed by atoms with E-state index < -0.39 is 65.3 Å². The number of carbonyl (C=O) groups is 2. The van der Waals surface area contributed by atoms with Crippen LogP contribution in [0.3, 0.4) is 0 Å². The monoisotopic (exact) mass is 724 g/mol. The average molecular weight is 725 g/mol. The molecule has 1 fully saturated rings. The standard InChI is InChI=1S/C39H32O14/c1-20-33(47)36(51-30(45)16-6-21-2-10-24(40)11-3-21)38(52-31(46)17-7-22-4-12-25(41)13-5-22)39(49-20)53-37-34(48)32-28(44)18-27(43)19-29(32)50-35(37)23-8-14-26(42)15-9-23/h2-20,33,36,38-44,47H,1H3/b16-6-,17-7?/t20-,33-,36+,38+,39-/m0/s1. The van der Waals surface area contributed by atoms with Gasteiger partial charge >= 0.3 is 11.9 Å². The quantitative estimate of drug-likeness (QED) is 0.0894. The number of phenols is 5. The van der Waals surface area contributed by atoms with Gasteiger partial charge in [0, 0.05) is 29.8 Å². The van der Waals surface area contributed by atoms with Gasteiger partial charge < -0.3 is 54.0 Å². The summed E-state index contributed by atoms with van der Waals surface area (Å²) in [5, 5.41) is 60.6. The first-order valence-electron chi connectivity index (χ1n) is 16.0. The predicted molar refractivity (Wildman–Crippen MR) is 188 cm³/mol. The Kier molecular flexibility index (Phi) is 10.4. The molecule has 6 N–H and O–H groups in total. The van der Waals surface area contributed by atoms with Crippen molar-refractivity contribution >= 4 is 35.1 Å². The topological polar surface area (TPSA) is 223 Å². The molecule has 1 aliphatic heterocycles. The van der Waals surface area contributed by atoms with Crippen LogP contribution in [0.25, 0.3) is 34.4 Å². The number of benzene rings is 4. The Morgan fingerprint density at radius 3 is 1.75 bits per heavy atom. The number of phenolic OH excluding ortho intramolecular Hbond substituents is 5. The third-order valence-electron chi connectivity index (χ3n) is 8.15. The van der Waals surface area contributed by atoms with E-state index in [1.807, 2.05) is 0 Å². The number of fused-ring (bicyclic) bond motifs is 1. The molecule has 14 heteroatoms. The Hall–Kier alpha value is -6.77. The lowest BCUT2D eigenvalue weighted by atomic mass is 9.99. The highest BCUT2D eigenvalue weighted by atomic mass is 16.7. The summed E-state index contributed by atoms with van der Waals surface area (Å²) in [6, 6.07) is 19.2. The molecule has 6 rings (SSSR count). The van der Waals surface area contributed by atoms with Gasteiger partial charge in [-0.3, -0.25) is 4.79 Å². The van der Waals surface area contributed by atoms with Gasteiger partial charge in [0.05, 0.1) is 6.10 Å². The molecule has 0 bridgehead atoms. The minimum Gasteiger partial charge on any atom is -0.508 e. The Bertz CT molecular complexity index is 2240. The van der Waals surface area contributed by atoms with Crippen LogP contribution in [0.1, 0.15) is 18.1 Å². The summed E-state index contributed by atoms with van der Waals surface area (Å²) in [7, 11) is 0. The van der Waals surface area contributed by atoms with Crippen molar-refractivity contribution in [2.75, 3.05) is 0 Å². The number of aliphatic hydroxyl groups excluding tert-OH is 1. The molecule has 5 atom stereocenters. The summed E-state index contributed by atoms with van der Waals surface area (Å²) >= 11 is 0. The van der Waals surface area contributed by atoms with Gasteiger partial charge in [0.25, 0.3) is 0 Å². The molecule has 272 valence electrons. The van der Waals surface area contributed by atoms with Crippen LogP contribution in [-0.2, 0) is 23.8 Å². The molecule has 0 aliphatic carbocycles. The minimum absolute atomic E-state index is 0.00579. The van der Waals surface area contributed by atoms with E-state index in [4.69, 9.17) is 23.4 Å². The van der Waals surface area contributed by atoms with Crippen molar-refractivity contribution < 1.29 is 63.6 Å². The average Bonchev–Trinajstić information content (AvgIpc) is 3.12. The molecular weight excluding hydrogens is 692 g/mol. The fourth-order valence-electron chi connectivity index (χ4n) is 5.48. The molecule has 14 nitrogen and oxygen atoms in total. The summed E-state index contributed by atoms with van der Waals surface area (Å²) in [6.07, 6.45) is -3.00. The highest BCUT2D eigenvalue weighted by Gasteiger charge is 2.50. The predicted octanol–water partition coefficient (Wildman–Crippen LogP) is 4.72. The molecule has 0 radical (unpaired) electrons. The van der Waals surface area contributed by atoms with Gasteiger partial charge in [0.2, 0.25) is 23.6 Å². The van der Waals surface area contributed by atoms with E-state index in [9.17, 15) is 45.0 Å². The lowest BCUT2D eigenvalue weighted by Gasteiger charge is -2.41. The SMILES string of the molecule is C[C@@H]1O[C@@H](Oc2c(-c3ccc(O)cc3)oc3cc(O)cc(O)c3c2=O)[C@H](OC(=O)C=Cc2ccc(O)cc2)[C@H](OC(=O)/C=C\c2ccc(O)cc2)[C@H]1O. The summed E-state index contributed by atoms with van der Waals surface area (Å²) in [6.45, 7) is 1.43. The fraction of sp³-hybridized carbons (Fsp3) is 0.154. The van der Waals surface area contributed by atoms with Crippen molar-refractivity contribution in [3.05, 3.63) is 118 Å². The molecule has 4 aromatic carbocycles. The molecule has 1 aromatic heterocycles. The number of hydrogen-bond donors (Lipinski definition) is 6. The molecule has 1 saturated heterocycles. The van der Waals surface area contributed by atoms with Gasteiger partial charge in [-0.05, 0) is 78.7 Å². The van der Waals surface area contributed by atoms with Crippen LogP contribution in [0.2, 0.25) is 0 Å². The van der Waals surface area contributed by atoms with Gasteiger partial charge in [0.1, 0.15) is 45.8 Å². The van der Waals surface area contributed by atoms with Gasteiger partial charge in [-0.1, -0.05) is 24.3 Å². The molecule has 5 aromatic rings. The number of aromatic hydroxyl groups is 5. The lowest BCUT2D eigenvalue weighted by molar-refractivity contribution is -0.276. The van der Waals surface area contributed by atoms with E-state index in [0.29, 0.717) is 11.1 Å². The van der Waals surface area contributed by atoms with Crippen molar-refractivity contribution in [3.63, 3.8) is 0 Å². The van der Waals surface area contributed by atoms with Crippen molar-refractivity contribution in [1.29, 1.82) is 0 Å². The van der Waals surface area contributed by atoms with Crippen molar-refractivity contribution in [2.24, 2.45) is 0 Å². The van der Waals surface area contributed by atoms with Crippen LogP contribution in [-0.4, -0.2) is 73.3 Å². The first-order chi connectivity index (χ1) is 25.4. The Morgan fingerprint density at radius 1 is 0.698 bits per heavy atom. The second-order valence-electron chi connectivity index (χ2n) is 11.9. The molecular formula is C39H32O14. The van der Waals surface area contributed by atoms with E-state index >= 15 is 0 Å². The minimum atomic E-state index is -1.76. The lowest BCUT2D eigenvalue weighted by Crippen LogP contribution is -2.61. The Labute approximate surface area is 300 Å². The summed E-state index contributed by atoms with van der Waals surface area (Å²) < 4.78 is 29.3. The Balaban J connectivity index is 1.40. The first kappa shape index (κ1) is 36.0. The normalized spacial score (nSPS) is 20.1. The van der Waals surface area contributed by atoms with Crippen LogP contribution in [0.4, 0.5) is 0 Å². The molecule has 1 aliphatic rings. The van der Waals surface area contributed by atoms with Gasteiger partial charge in [0.15, 0.2) is 11.9 Å². The van der Waals surface area contributed by atoms with Gasteiger partial charge in [-0.25, -0.2) is 9.59 Å². The number of carbonyl (C=O) groups excluding carboxylic acids is 2. The van der Waals surface area contributed by atoms with E-state index in [2.05, 4.69) is 0 Å². The maximum atomic E-state index is 14.0. The second kappa shape index (κ2) is 15.2. The maximum absolute atomic E-state index is 14.0. The number of esters is 2. The van der Waals surface area contributed by atoms with E-state index in [1.165, 1.54) is 79.7 Å². The maximum Gasteiger partial charge on any atom is 0.331 e. The molecule has 0 amide bonds. The molecule has 0 unspecified atom stereocenters. The zero-order valence-corrected chi connectivity index (χ0v) is 27.7. The van der Waals surface area contributed by atoms with Crippen molar-refractivity contribution in [1.82, 2.24) is 0 Å². The van der Waals surface area contributed by atoms with Crippen molar-refractivity contribution in [2.45, 2.75) is 37.6 Å². The molecule has 0 saturated carbocycles. The van der Waals surface area contributed by atoms with Gasteiger partial charge in [-0.15, -0.1) is 0 Å². The Morgan fingerprint density at radius 2 is 1.21 bits per heavy atom. The third kappa shape index (κ3) is 8.25. The fourth-order valence-corrected chi connectivity index (χ4v) is 5.48. The van der Waals surface area contributed by atoms with Gasteiger partial charge in [-0.2, -0.15) is 0 Å². The third-order valence-corrected chi connectivity index (χ3v) is 8.15. The van der Waals surface area contributed by atoms with Crippen molar-refractivity contribution in [3.8, 4) is 45.8 Å². The smallest absolute Gasteiger partial charge is 0.331 e. The largest absolute Gasteiger partial charge is 0.508 e. The second-order valence-corrected chi connectivity index (χ2v) is 11.9. The van der Waals surface area contributed by atoms with E-state index in [-0.39, 0.29) is 39.5 Å². The highest BCUT2D eigenvalue weighted by Crippen LogP contribution is 2.38. The van der Waals surface area contributed by atoms with E-state index in [0.717, 1.165) is 24.3 Å². The van der Waals surface area contributed by atoms with E-state index in [1.54, 1.807) is 12.1 Å². The first-order valence-corrected chi connectivity index (χ1v) is 16.0. The van der Waals surface area contributed by atoms with Crippen LogP contribution in [0.5, 0.6) is 34.5 Å². The summed E-state index contributed by atoms with van der Waals surface area (Å²) in [4.78, 5) is 40.4. The summed E-state index contributed by atoms with van der Waals surface area (Å²) in [5.74, 6) is -3.89. The van der Waals surface area contributed by atoms with Crippen LogP contribution in [0, 0.1) is 0 Å². The van der Waals surface area contributed by atoms with Crippen LogP contribution in [0.15, 0.2) is 106 Å². The van der Waals surface area contributed by atoms with Crippen LogP contribution >= 0.6 is 0 Å². The molecule has 53 heavy (non-hydrogen) atoms. The molecule has 2 heterocycles. The number of aliphatic hydroxyl groups is 1. The number of rotatable bonds is 9. The number of ether oxygens (including phenoxy) is 4. The summed E-state index contributed by atoms with van der Waals surface area (Å²) in [5.41, 5.74) is 0.103. The zero-order chi connectivity index (χ0) is 37.8. The van der Waals surface area contributed by atoms with Crippen LogP contribution < -0.4 is 10.2 Å². The zero-order valence-electron chi connectivity index (χ0n) is 27.7.